The Morgan fingerprint density at radius 2 is 2.38 bits per heavy atom. The number of alkyl halides is 1. The fourth-order valence-electron chi connectivity index (χ4n) is 1.37. The fourth-order valence-corrected chi connectivity index (χ4v) is 3.27. The molecule has 0 aliphatic heterocycles. The smallest absolute Gasteiger partial charge is 0.0314 e. The summed E-state index contributed by atoms with van der Waals surface area (Å²) in [6, 6.07) is 2.11. The predicted octanol–water partition coefficient (Wildman–Crippen LogP) is 4.71. The second kappa shape index (κ2) is 6.05. The predicted molar refractivity (Wildman–Crippen MR) is 64.8 cm³/mol. The van der Waals surface area contributed by atoms with Gasteiger partial charge in [-0.15, -0.1) is 22.9 Å². The van der Waals surface area contributed by atoms with E-state index in [2.05, 4.69) is 34.3 Å². The molecule has 0 aliphatic carbocycles. The Labute approximate surface area is 97.4 Å². The molecule has 0 amide bonds. The maximum atomic E-state index is 5.90. The molecular formula is C10H14BrClS. The minimum absolute atomic E-state index is 0.640. The molecule has 0 aliphatic rings. The first-order valence-electron chi connectivity index (χ1n) is 4.55. The second-order valence-electron chi connectivity index (χ2n) is 3.20. The van der Waals surface area contributed by atoms with Gasteiger partial charge < -0.3 is 0 Å². The third-order valence-electron chi connectivity index (χ3n) is 2.08. The molecular weight excluding hydrogens is 268 g/mol. The Balaban J connectivity index is 2.51. The van der Waals surface area contributed by atoms with Crippen molar-refractivity contribution in [3.8, 4) is 0 Å². The van der Waals surface area contributed by atoms with E-state index in [1.54, 1.807) is 0 Å². The van der Waals surface area contributed by atoms with Crippen molar-refractivity contribution in [2.24, 2.45) is 5.92 Å². The van der Waals surface area contributed by atoms with Gasteiger partial charge in [-0.1, -0.05) is 13.3 Å². The van der Waals surface area contributed by atoms with Crippen molar-refractivity contribution in [2.45, 2.75) is 26.2 Å². The first kappa shape index (κ1) is 11.5. The number of hydrogen-bond donors (Lipinski definition) is 0. The molecule has 13 heavy (non-hydrogen) atoms. The maximum absolute atomic E-state index is 5.90. The third-order valence-corrected chi connectivity index (χ3v) is 4.47. The van der Waals surface area contributed by atoms with Crippen LogP contribution < -0.4 is 0 Å². The molecule has 1 aromatic rings. The maximum Gasteiger partial charge on any atom is 0.0314 e. The second-order valence-corrected chi connectivity index (χ2v) is 5.37. The van der Waals surface area contributed by atoms with Crippen LogP contribution in [-0.2, 0) is 6.42 Å². The van der Waals surface area contributed by atoms with Gasteiger partial charge in [-0.2, -0.15) is 0 Å². The zero-order valence-electron chi connectivity index (χ0n) is 7.72. The van der Waals surface area contributed by atoms with E-state index in [0.29, 0.717) is 5.92 Å². The lowest BCUT2D eigenvalue weighted by molar-refractivity contribution is 0.531. The van der Waals surface area contributed by atoms with Gasteiger partial charge in [-0.3, -0.25) is 0 Å². The lowest BCUT2D eigenvalue weighted by atomic mass is 10.0. The van der Waals surface area contributed by atoms with Gasteiger partial charge in [-0.05, 0) is 46.1 Å². The van der Waals surface area contributed by atoms with E-state index >= 15 is 0 Å². The van der Waals surface area contributed by atoms with Crippen LogP contribution in [0.15, 0.2) is 15.9 Å². The Hall–Kier alpha value is 0.470. The Kier molecular flexibility index (Phi) is 5.37. The van der Waals surface area contributed by atoms with Crippen LogP contribution in [0.25, 0.3) is 0 Å². The van der Waals surface area contributed by atoms with Crippen molar-refractivity contribution in [3.05, 3.63) is 20.8 Å². The minimum Gasteiger partial charge on any atom is -0.148 e. The highest BCUT2D eigenvalue weighted by atomic mass is 79.9. The lowest BCUT2D eigenvalue weighted by Crippen LogP contribution is -2.05. The minimum atomic E-state index is 0.640. The third kappa shape index (κ3) is 3.61. The monoisotopic (exact) mass is 280 g/mol. The Bertz CT molecular complexity index is 247. The van der Waals surface area contributed by atoms with Gasteiger partial charge in [0.05, 0.1) is 0 Å². The first-order chi connectivity index (χ1) is 6.27. The summed E-state index contributed by atoms with van der Waals surface area (Å²) in [5, 5.41) is 2.12. The van der Waals surface area contributed by atoms with Crippen LogP contribution in [0.3, 0.4) is 0 Å². The van der Waals surface area contributed by atoms with Crippen LogP contribution in [0.2, 0.25) is 0 Å². The van der Waals surface area contributed by atoms with Gasteiger partial charge in [0, 0.05) is 15.2 Å². The summed E-state index contributed by atoms with van der Waals surface area (Å²) in [6.45, 7) is 2.21. The first-order valence-corrected chi connectivity index (χ1v) is 6.76. The Morgan fingerprint density at radius 3 is 2.85 bits per heavy atom. The van der Waals surface area contributed by atoms with Crippen molar-refractivity contribution in [1.29, 1.82) is 0 Å². The van der Waals surface area contributed by atoms with Crippen molar-refractivity contribution in [2.75, 3.05) is 5.88 Å². The van der Waals surface area contributed by atoms with Crippen molar-refractivity contribution in [1.82, 2.24) is 0 Å². The van der Waals surface area contributed by atoms with Crippen molar-refractivity contribution >= 4 is 38.9 Å². The normalized spacial score (nSPS) is 13.2. The lowest BCUT2D eigenvalue weighted by Gasteiger charge is -2.11. The van der Waals surface area contributed by atoms with Crippen molar-refractivity contribution in [3.63, 3.8) is 0 Å². The van der Waals surface area contributed by atoms with E-state index in [9.17, 15) is 0 Å². The molecule has 1 aromatic heterocycles. The average Bonchev–Trinajstić information content (AvgIpc) is 2.51. The number of thiophene rings is 1. The van der Waals surface area contributed by atoms with Crippen LogP contribution in [0.5, 0.6) is 0 Å². The molecule has 0 saturated heterocycles. The summed E-state index contributed by atoms with van der Waals surface area (Å²) in [4.78, 5) is 1.43. The molecule has 1 atom stereocenters. The zero-order chi connectivity index (χ0) is 9.68. The van der Waals surface area contributed by atoms with Gasteiger partial charge >= 0.3 is 0 Å². The molecule has 0 spiro atoms. The summed E-state index contributed by atoms with van der Waals surface area (Å²) >= 11 is 11.3. The summed E-state index contributed by atoms with van der Waals surface area (Å²) in [5.74, 6) is 1.42. The summed E-state index contributed by atoms with van der Waals surface area (Å²) in [6.07, 6.45) is 3.57. The van der Waals surface area contributed by atoms with Crippen LogP contribution in [0.1, 0.15) is 24.6 Å². The summed E-state index contributed by atoms with van der Waals surface area (Å²) in [5.41, 5.74) is 0. The standard InChI is InChI=1S/C10H14BrClS/c1-2-3-8(7-12)6-10-9(11)4-5-13-10/h4-5,8H,2-3,6-7H2,1H3. The molecule has 0 fully saturated rings. The van der Waals surface area contributed by atoms with Crippen molar-refractivity contribution < 1.29 is 0 Å². The van der Waals surface area contributed by atoms with E-state index in [-0.39, 0.29) is 0 Å². The topological polar surface area (TPSA) is 0 Å². The zero-order valence-corrected chi connectivity index (χ0v) is 10.9. The highest BCUT2D eigenvalue weighted by Crippen LogP contribution is 2.27. The van der Waals surface area contributed by atoms with Gasteiger partial charge in [0.2, 0.25) is 0 Å². The average molecular weight is 282 g/mol. The molecule has 0 bridgehead atoms. The highest BCUT2D eigenvalue weighted by Gasteiger charge is 2.10. The summed E-state index contributed by atoms with van der Waals surface area (Å²) < 4.78 is 1.24. The molecule has 3 heteroatoms. The van der Waals surface area contributed by atoms with Gasteiger partial charge in [0.25, 0.3) is 0 Å². The SMILES string of the molecule is CCCC(CCl)Cc1sccc1Br. The van der Waals surface area contributed by atoms with E-state index in [1.165, 1.54) is 22.2 Å². The van der Waals surface area contributed by atoms with E-state index < -0.39 is 0 Å². The van der Waals surface area contributed by atoms with Gasteiger partial charge in [0.1, 0.15) is 0 Å². The van der Waals surface area contributed by atoms with Crippen LogP contribution in [-0.4, -0.2) is 5.88 Å². The molecule has 0 N–H and O–H groups in total. The quantitative estimate of drug-likeness (QED) is 0.686. The molecule has 0 aromatic carbocycles. The number of rotatable bonds is 5. The molecule has 0 nitrogen and oxygen atoms in total. The molecule has 0 saturated carbocycles. The van der Waals surface area contributed by atoms with Crippen LogP contribution in [0, 0.1) is 5.92 Å². The molecule has 1 rings (SSSR count). The van der Waals surface area contributed by atoms with E-state index in [1.807, 2.05) is 11.3 Å². The van der Waals surface area contributed by atoms with Crippen LogP contribution in [0.4, 0.5) is 0 Å². The van der Waals surface area contributed by atoms with Crippen LogP contribution >= 0.6 is 38.9 Å². The number of halogens is 2. The van der Waals surface area contributed by atoms with E-state index in [0.717, 1.165) is 12.3 Å². The van der Waals surface area contributed by atoms with Gasteiger partial charge in [0.15, 0.2) is 0 Å². The van der Waals surface area contributed by atoms with E-state index in [4.69, 9.17) is 11.6 Å². The molecule has 74 valence electrons. The van der Waals surface area contributed by atoms with Gasteiger partial charge in [-0.25, -0.2) is 0 Å². The summed E-state index contributed by atoms with van der Waals surface area (Å²) in [7, 11) is 0. The number of hydrogen-bond acceptors (Lipinski definition) is 1. The largest absolute Gasteiger partial charge is 0.148 e. The molecule has 1 unspecified atom stereocenters. The highest BCUT2D eigenvalue weighted by molar-refractivity contribution is 9.10. The Morgan fingerprint density at radius 1 is 1.62 bits per heavy atom. The molecule has 1 heterocycles. The molecule has 0 radical (unpaired) electrons. The fraction of sp³-hybridized carbons (Fsp3) is 0.600.